The molecule has 0 aliphatic carbocycles. The number of para-hydroxylation sites is 1. The Bertz CT molecular complexity index is 1670. The Balaban J connectivity index is 1.40. The lowest BCUT2D eigenvalue weighted by Crippen LogP contribution is -2.13. The number of carbonyl (C=O) groups excluding carboxylic acids is 1. The molecule has 6 rings (SSSR count). The van der Waals surface area contributed by atoms with Gasteiger partial charge in [0.15, 0.2) is 0 Å². The van der Waals surface area contributed by atoms with Crippen molar-refractivity contribution < 1.29 is 4.79 Å². The second kappa shape index (κ2) is 8.84. The molecule has 0 radical (unpaired) electrons. The van der Waals surface area contributed by atoms with E-state index < -0.39 is 0 Å². The van der Waals surface area contributed by atoms with Crippen LogP contribution >= 0.6 is 0 Å². The zero-order valence-electron chi connectivity index (χ0n) is 18.8. The van der Waals surface area contributed by atoms with Gasteiger partial charge in [-0.25, -0.2) is 4.98 Å². The first kappa shape index (κ1) is 20.8. The first-order valence-electron chi connectivity index (χ1n) is 11.5. The molecule has 0 atom stereocenters. The lowest BCUT2D eigenvalue weighted by molar-refractivity contribution is 0.102. The van der Waals surface area contributed by atoms with Crippen LogP contribution in [0.4, 0.5) is 5.69 Å². The number of nitrogens with zero attached hydrogens (tertiary/aromatic N) is 2. The first-order chi connectivity index (χ1) is 17.3. The second-order valence-electron chi connectivity index (χ2n) is 8.35. The van der Waals surface area contributed by atoms with Gasteiger partial charge in [-0.15, -0.1) is 0 Å². The minimum Gasteiger partial charge on any atom is -0.321 e. The number of hydrogen-bond donors (Lipinski definition) is 1. The summed E-state index contributed by atoms with van der Waals surface area (Å²) < 4.78 is 0. The predicted octanol–water partition coefficient (Wildman–Crippen LogP) is 7.37. The Morgan fingerprint density at radius 2 is 1.29 bits per heavy atom. The molecule has 0 saturated heterocycles. The van der Waals surface area contributed by atoms with E-state index in [1.807, 2.05) is 78.9 Å². The van der Waals surface area contributed by atoms with Crippen LogP contribution in [0.1, 0.15) is 10.4 Å². The highest BCUT2D eigenvalue weighted by molar-refractivity contribution is 6.15. The SMILES string of the molecule is O=C(Nc1cccc2ncccc12)c1cc(-c2ccc(-c3ccccc3)cc2)nc2ccccc12. The van der Waals surface area contributed by atoms with Crippen molar-refractivity contribution in [1.29, 1.82) is 0 Å². The molecule has 0 spiro atoms. The predicted molar refractivity (Wildman–Crippen MR) is 142 cm³/mol. The lowest BCUT2D eigenvalue weighted by atomic mass is 10.0. The van der Waals surface area contributed by atoms with E-state index in [1.54, 1.807) is 6.20 Å². The van der Waals surface area contributed by atoms with Gasteiger partial charge in [0.25, 0.3) is 5.91 Å². The van der Waals surface area contributed by atoms with Gasteiger partial charge in [-0.3, -0.25) is 9.78 Å². The van der Waals surface area contributed by atoms with E-state index >= 15 is 0 Å². The quantitative estimate of drug-likeness (QED) is 0.304. The first-order valence-corrected chi connectivity index (χ1v) is 11.5. The Morgan fingerprint density at radius 3 is 2.14 bits per heavy atom. The van der Waals surface area contributed by atoms with Gasteiger partial charge in [0.05, 0.1) is 28.0 Å². The molecule has 1 amide bonds. The minimum absolute atomic E-state index is 0.179. The molecule has 4 nitrogen and oxygen atoms in total. The van der Waals surface area contributed by atoms with Gasteiger partial charge in [0, 0.05) is 22.5 Å². The minimum atomic E-state index is -0.179. The van der Waals surface area contributed by atoms with E-state index in [0.29, 0.717) is 5.56 Å². The number of benzene rings is 4. The largest absolute Gasteiger partial charge is 0.321 e. The van der Waals surface area contributed by atoms with Gasteiger partial charge in [-0.05, 0) is 47.5 Å². The summed E-state index contributed by atoms with van der Waals surface area (Å²) in [6, 6.07) is 37.7. The third-order valence-electron chi connectivity index (χ3n) is 6.14. The van der Waals surface area contributed by atoms with Crippen molar-refractivity contribution >= 4 is 33.4 Å². The van der Waals surface area contributed by atoms with Crippen molar-refractivity contribution in [3.05, 3.63) is 127 Å². The zero-order chi connectivity index (χ0) is 23.6. The summed E-state index contributed by atoms with van der Waals surface area (Å²) in [6.45, 7) is 0. The number of anilines is 1. The highest BCUT2D eigenvalue weighted by Gasteiger charge is 2.15. The summed E-state index contributed by atoms with van der Waals surface area (Å²) in [5, 5.41) is 4.81. The smallest absolute Gasteiger partial charge is 0.256 e. The average molecular weight is 452 g/mol. The van der Waals surface area contributed by atoms with Crippen LogP contribution in [0.5, 0.6) is 0 Å². The molecule has 0 unspecified atom stereocenters. The fourth-order valence-corrected chi connectivity index (χ4v) is 4.38. The van der Waals surface area contributed by atoms with Crippen LogP contribution in [-0.2, 0) is 0 Å². The lowest BCUT2D eigenvalue weighted by Gasteiger charge is -2.12. The Kier molecular flexibility index (Phi) is 5.24. The van der Waals surface area contributed by atoms with Crippen molar-refractivity contribution in [1.82, 2.24) is 9.97 Å². The third-order valence-corrected chi connectivity index (χ3v) is 6.14. The van der Waals surface area contributed by atoms with Crippen LogP contribution in [0.2, 0.25) is 0 Å². The molecular weight excluding hydrogens is 430 g/mol. The van der Waals surface area contributed by atoms with E-state index in [0.717, 1.165) is 49.9 Å². The molecule has 6 aromatic rings. The molecular formula is C31H21N3O. The standard InChI is InChI=1S/C31H21N3O/c35-31(34-29-14-6-13-27-25(29)11-7-19-32-27)26-20-30(33-28-12-5-4-10-24(26)28)23-17-15-22(16-18-23)21-8-2-1-3-9-21/h1-20H,(H,34,35). The fourth-order valence-electron chi connectivity index (χ4n) is 4.38. The van der Waals surface area contributed by atoms with E-state index in [-0.39, 0.29) is 5.91 Å². The van der Waals surface area contributed by atoms with Crippen LogP contribution < -0.4 is 5.32 Å². The van der Waals surface area contributed by atoms with E-state index in [4.69, 9.17) is 4.98 Å². The summed E-state index contributed by atoms with van der Waals surface area (Å²) in [7, 11) is 0. The number of carbonyl (C=O) groups is 1. The van der Waals surface area contributed by atoms with Gasteiger partial charge < -0.3 is 5.32 Å². The molecule has 1 N–H and O–H groups in total. The maximum absolute atomic E-state index is 13.5. The zero-order valence-corrected chi connectivity index (χ0v) is 18.8. The van der Waals surface area contributed by atoms with Gasteiger partial charge in [0.2, 0.25) is 0 Å². The van der Waals surface area contributed by atoms with E-state index in [9.17, 15) is 4.79 Å². The maximum atomic E-state index is 13.5. The van der Waals surface area contributed by atoms with Crippen LogP contribution in [0.25, 0.3) is 44.2 Å². The normalized spacial score (nSPS) is 11.0. The summed E-state index contributed by atoms with van der Waals surface area (Å²) >= 11 is 0. The molecule has 4 heteroatoms. The molecule has 0 saturated carbocycles. The number of fused-ring (bicyclic) bond motifs is 2. The molecule has 0 fully saturated rings. The topological polar surface area (TPSA) is 54.9 Å². The van der Waals surface area contributed by atoms with Crippen molar-refractivity contribution in [2.45, 2.75) is 0 Å². The number of amides is 1. The number of rotatable bonds is 4. The number of aromatic nitrogens is 2. The molecule has 0 aliphatic heterocycles. The fraction of sp³-hybridized carbons (Fsp3) is 0. The highest BCUT2D eigenvalue weighted by Crippen LogP contribution is 2.29. The molecule has 4 aromatic carbocycles. The number of pyridine rings is 2. The summed E-state index contributed by atoms with van der Waals surface area (Å²) in [5.74, 6) is -0.179. The van der Waals surface area contributed by atoms with Crippen molar-refractivity contribution in [3.63, 3.8) is 0 Å². The van der Waals surface area contributed by atoms with E-state index in [2.05, 4.69) is 46.7 Å². The molecule has 0 bridgehead atoms. The maximum Gasteiger partial charge on any atom is 0.256 e. The second-order valence-corrected chi connectivity index (χ2v) is 8.35. The summed E-state index contributed by atoms with van der Waals surface area (Å²) in [6.07, 6.45) is 1.75. The molecule has 0 aliphatic rings. The number of hydrogen-bond acceptors (Lipinski definition) is 3. The van der Waals surface area contributed by atoms with Gasteiger partial charge in [0.1, 0.15) is 0 Å². The van der Waals surface area contributed by atoms with Crippen LogP contribution in [0.3, 0.4) is 0 Å². The molecule has 35 heavy (non-hydrogen) atoms. The van der Waals surface area contributed by atoms with Crippen LogP contribution in [0.15, 0.2) is 121 Å². The monoisotopic (exact) mass is 451 g/mol. The van der Waals surface area contributed by atoms with Crippen LogP contribution in [0, 0.1) is 0 Å². The summed E-state index contributed by atoms with van der Waals surface area (Å²) in [5.41, 5.74) is 6.94. The van der Waals surface area contributed by atoms with Gasteiger partial charge in [-0.2, -0.15) is 0 Å². The Hall–Kier alpha value is -4.83. The number of nitrogens with one attached hydrogen (secondary N) is 1. The van der Waals surface area contributed by atoms with E-state index in [1.165, 1.54) is 0 Å². The highest BCUT2D eigenvalue weighted by atomic mass is 16.1. The van der Waals surface area contributed by atoms with Gasteiger partial charge >= 0.3 is 0 Å². The summed E-state index contributed by atoms with van der Waals surface area (Å²) in [4.78, 5) is 22.8. The van der Waals surface area contributed by atoms with Crippen molar-refractivity contribution in [2.75, 3.05) is 5.32 Å². The molecule has 2 heterocycles. The average Bonchev–Trinajstić information content (AvgIpc) is 2.93. The van der Waals surface area contributed by atoms with Crippen molar-refractivity contribution in [3.8, 4) is 22.4 Å². The Morgan fingerprint density at radius 1 is 0.600 bits per heavy atom. The molecule has 166 valence electrons. The van der Waals surface area contributed by atoms with Crippen LogP contribution in [-0.4, -0.2) is 15.9 Å². The third kappa shape index (κ3) is 4.02. The Labute approximate surface area is 202 Å². The molecule has 2 aromatic heterocycles. The van der Waals surface area contributed by atoms with Crippen molar-refractivity contribution in [2.24, 2.45) is 0 Å². The van der Waals surface area contributed by atoms with Gasteiger partial charge in [-0.1, -0.05) is 78.9 Å².